The van der Waals surface area contributed by atoms with E-state index in [1.807, 2.05) is 4.72 Å². The Balaban J connectivity index is 2.09. The van der Waals surface area contributed by atoms with Crippen LogP contribution in [0.4, 0.5) is 8.78 Å². The molecule has 6 nitrogen and oxygen atoms in total. The van der Waals surface area contributed by atoms with Crippen molar-refractivity contribution in [3.8, 4) is 0 Å². The number of carboxylic acid groups (broad SMARTS) is 1. The normalized spacial score (nSPS) is 20.0. The third kappa shape index (κ3) is 4.35. The smallest absolute Gasteiger partial charge is 0.303 e. The number of carbonyl (C=O) groups excluding carboxylic acids is 1. The molecule has 0 bridgehead atoms. The molecule has 2 N–H and O–H groups in total. The highest BCUT2D eigenvalue weighted by Crippen LogP contribution is 2.35. The molecule has 0 heterocycles. The van der Waals surface area contributed by atoms with E-state index in [-0.39, 0.29) is 42.6 Å². The van der Waals surface area contributed by atoms with Gasteiger partial charge in [0.2, 0.25) is 10.0 Å². The summed E-state index contributed by atoms with van der Waals surface area (Å²) in [5.41, 5.74) is 0.168. The third-order valence-electron chi connectivity index (χ3n) is 3.86. The maximum absolute atomic E-state index is 13.6. The molecule has 9 heteroatoms. The molecule has 0 amide bonds. The minimum atomic E-state index is -4.12. The fourth-order valence-corrected chi connectivity index (χ4v) is 3.81. The topological polar surface area (TPSA) is 101 Å². The molecule has 1 saturated carbocycles. The molecule has 24 heavy (non-hydrogen) atoms. The van der Waals surface area contributed by atoms with E-state index in [0.29, 0.717) is 0 Å². The number of ketones is 1. The van der Waals surface area contributed by atoms with Crippen molar-refractivity contribution in [3.63, 3.8) is 0 Å². The van der Waals surface area contributed by atoms with Gasteiger partial charge in [0.1, 0.15) is 0 Å². The number of nitrogens with one attached hydrogen (secondary N) is 1. The Morgan fingerprint density at radius 1 is 1.21 bits per heavy atom. The average molecular weight is 361 g/mol. The lowest BCUT2D eigenvalue weighted by atomic mass is 10.1. The molecular weight excluding hydrogens is 344 g/mol. The Bertz CT molecular complexity index is 731. The lowest BCUT2D eigenvalue weighted by Gasteiger charge is -2.20. The van der Waals surface area contributed by atoms with Crippen LogP contribution < -0.4 is 4.72 Å². The summed E-state index contributed by atoms with van der Waals surface area (Å²) in [4.78, 5) is 22.0. The SMILES string of the molecule is O=C(O)CCC(=O)c1ccc(S(=O)(=O)NC2CCCC2(F)F)cc1. The van der Waals surface area contributed by atoms with Crippen molar-refractivity contribution in [1.29, 1.82) is 0 Å². The summed E-state index contributed by atoms with van der Waals surface area (Å²) in [6.45, 7) is 0. The molecule has 1 aromatic rings. The summed E-state index contributed by atoms with van der Waals surface area (Å²) in [6, 6.07) is 3.34. The zero-order valence-corrected chi connectivity index (χ0v) is 13.5. The van der Waals surface area contributed by atoms with Crippen molar-refractivity contribution in [2.75, 3.05) is 0 Å². The van der Waals surface area contributed by atoms with Gasteiger partial charge in [-0.15, -0.1) is 0 Å². The average Bonchev–Trinajstić information content (AvgIpc) is 2.83. The summed E-state index contributed by atoms with van der Waals surface area (Å²) in [7, 11) is -4.12. The Kier molecular flexibility index (Phi) is 5.34. The summed E-state index contributed by atoms with van der Waals surface area (Å²) < 4.78 is 53.5. The van der Waals surface area contributed by atoms with Gasteiger partial charge < -0.3 is 5.11 Å². The van der Waals surface area contributed by atoms with Crippen LogP contribution in [0.3, 0.4) is 0 Å². The van der Waals surface area contributed by atoms with Gasteiger partial charge in [-0.25, -0.2) is 21.9 Å². The molecular formula is C15H17F2NO5S. The van der Waals surface area contributed by atoms with Crippen LogP contribution in [0.2, 0.25) is 0 Å². The Morgan fingerprint density at radius 3 is 2.33 bits per heavy atom. The largest absolute Gasteiger partial charge is 0.481 e. The maximum atomic E-state index is 13.6. The number of alkyl halides is 2. The van der Waals surface area contributed by atoms with Crippen molar-refractivity contribution >= 4 is 21.8 Å². The van der Waals surface area contributed by atoms with Gasteiger partial charge in [0.15, 0.2) is 5.78 Å². The van der Waals surface area contributed by atoms with Gasteiger partial charge in [-0.3, -0.25) is 9.59 Å². The van der Waals surface area contributed by atoms with Gasteiger partial charge in [-0.1, -0.05) is 12.1 Å². The predicted molar refractivity (Wildman–Crippen MR) is 80.5 cm³/mol. The van der Waals surface area contributed by atoms with E-state index in [4.69, 9.17) is 5.11 Å². The van der Waals surface area contributed by atoms with Crippen LogP contribution in [-0.4, -0.2) is 37.2 Å². The second-order valence-electron chi connectivity index (χ2n) is 5.67. The number of carboxylic acids is 1. The van der Waals surface area contributed by atoms with E-state index in [1.165, 1.54) is 12.1 Å². The number of carbonyl (C=O) groups is 2. The van der Waals surface area contributed by atoms with Gasteiger partial charge in [0.05, 0.1) is 17.4 Å². The van der Waals surface area contributed by atoms with Crippen LogP contribution in [0.1, 0.15) is 42.5 Å². The molecule has 0 saturated heterocycles. The van der Waals surface area contributed by atoms with Gasteiger partial charge in [0, 0.05) is 18.4 Å². The number of benzene rings is 1. The van der Waals surface area contributed by atoms with Crippen LogP contribution in [0, 0.1) is 0 Å². The van der Waals surface area contributed by atoms with Crippen molar-refractivity contribution < 1.29 is 31.9 Å². The summed E-state index contributed by atoms with van der Waals surface area (Å²) in [5.74, 6) is -4.61. The highest BCUT2D eigenvalue weighted by atomic mass is 32.2. The van der Waals surface area contributed by atoms with E-state index in [0.717, 1.165) is 12.1 Å². The number of rotatable bonds is 7. The second-order valence-corrected chi connectivity index (χ2v) is 7.38. The molecule has 0 spiro atoms. The van der Waals surface area contributed by atoms with Crippen molar-refractivity contribution in [1.82, 2.24) is 4.72 Å². The summed E-state index contributed by atoms with van der Waals surface area (Å²) in [6.07, 6.45) is -0.558. The Hall–Kier alpha value is -1.87. The highest BCUT2D eigenvalue weighted by molar-refractivity contribution is 7.89. The third-order valence-corrected chi connectivity index (χ3v) is 5.35. The molecule has 1 aliphatic rings. The first-order valence-corrected chi connectivity index (χ1v) is 8.85. The van der Waals surface area contributed by atoms with E-state index in [1.54, 1.807) is 0 Å². The van der Waals surface area contributed by atoms with E-state index in [2.05, 4.69) is 0 Å². The number of hydrogen-bond acceptors (Lipinski definition) is 4. The van der Waals surface area contributed by atoms with E-state index >= 15 is 0 Å². The second kappa shape index (κ2) is 6.94. The molecule has 0 aliphatic heterocycles. The zero-order chi connectivity index (χ0) is 18.0. The minimum absolute atomic E-state index is 0.0674. The van der Waals surface area contributed by atoms with Crippen LogP contribution in [-0.2, 0) is 14.8 Å². The monoisotopic (exact) mass is 361 g/mol. The predicted octanol–water partition coefficient (Wildman–Crippen LogP) is 2.20. The fourth-order valence-electron chi connectivity index (χ4n) is 2.51. The first-order valence-electron chi connectivity index (χ1n) is 7.37. The van der Waals surface area contributed by atoms with Crippen LogP contribution in [0.15, 0.2) is 29.2 Å². The molecule has 0 aromatic heterocycles. The molecule has 1 atom stereocenters. The van der Waals surface area contributed by atoms with Crippen molar-refractivity contribution in [3.05, 3.63) is 29.8 Å². The van der Waals surface area contributed by atoms with E-state index in [9.17, 15) is 26.8 Å². The molecule has 0 radical (unpaired) electrons. The lowest BCUT2D eigenvalue weighted by molar-refractivity contribution is -0.136. The number of halogens is 2. The van der Waals surface area contributed by atoms with Crippen LogP contribution >= 0.6 is 0 Å². The first kappa shape index (κ1) is 18.5. The van der Waals surface area contributed by atoms with Crippen molar-refractivity contribution in [2.45, 2.75) is 49.0 Å². The number of aliphatic carboxylic acids is 1. The molecule has 1 unspecified atom stereocenters. The Morgan fingerprint density at radius 2 is 1.83 bits per heavy atom. The first-order chi connectivity index (χ1) is 11.1. The molecule has 1 aliphatic carbocycles. The number of sulfonamides is 1. The maximum Gasteiger partial charge on any atom is 0.303 e. The van der Waals surface area contributed by atoms with Gasteiger partial charge in [0.25, 0.3) is 5.92 Å². The minimum Gasteiger partial charge on any atom is -0.481 e. The molecule has 2 rings (SSSR count). The quantitative estimate of drug-likeness (QED) is 0.725. The van der Waals surface area contributed by atoms with Gasteiger partial charge >= 0.3 is 5.97 Å². The zero-order valence-electron chi connectivity index (χ0n) is 12.7. The van der Waals surface area contributed by atoms with Crippen LogP contribution in [0.5, 0.6) is 0 Å². The lowest BCUT2D eigenvalue weighted by Crippen LogP contribution is -2.43. The molecule has 1 fully saturated rings. The highest BCUT2D eigenvalue weighted by Gasteiger charge is 2.45. The molecule has 1 aromatic carbocycles. The Labute approximate surface area is 137 Å². The molecule has 132 valence electrons. The fraction of sp³-hybridized carbons (Fsp3) is 0.467. The van der Waals surface area contributed by atoms with Crippen LogP contribution in [0.25, 0.3) is 0 Å². The summed E-state index contributed by atoms with van der Waals surface area (Å²) >= 11 is 0. The number of hydrogen-bond donors (Lipinski definition) is 2. The number of Topliss-reactive ketones (excluding diaryl/α,β-unsaturated/α-hetero) is 1. The summed E-state index contributed by atoms with van der Waals surface area (Å²) in [5, 5.41) is 8.54. The van der Waals surface area contributed by atoms with Crippen molar-refractivity contribution in [2.24, 2.45) is 0 Å². The standard InChI is InChI=1S/C15H17F2NO5S/c16-15(17)9-1-2-13(15)18-24(22,23)11-5-3-10(4-6-11)12(19)7-8-14(20)21/h3-6,13,18H,1-2,7-9H2,(H,20,21). The van der Waals surface area contributed by atoms with Gasteiger partial charge in [-0.05, 0) is 25.0 Å². The van der Waals surface area contributed by atoms with E-state index < -0.39 is 33.7 Å². The van der Waals surface area contributed by atoms with Gasteiger partial charge in [-0.2, -0.15) is 0 Å².